The summed E-state index contributed by atoms with van der Waals surface area (Å²) in [5.74, 6) is -0.527. The van der Waals surface area contributed by atoms with Crippen LogP contribution in [-0.2, 0) is 17.9 Å². The van der Waals surface area contributed by atoms with E-state index in [2.05, 4.69) is 10.6 Å². The molecule has 0 radical (unpaired) electrons. The summed E-state index contributed by atoms with van der Waals surface area (Å²) >= 11 is 0. The Morgan fingerprint density at radius 2 is 2.24 bits per heavy atom. The van der Waals surface area contributed by atoms with Gasteiger partial charge in [-0.3, -0.25) is 4.79 Å². The average Bonchev–Trinajstić information content (AvgIpc) is 2.34. The molecule has 1 amide bonds. The number of aliphatic hydroxyl groups excluding tert-OH is 1. The zero-order chi connectivity index (χ0) is 12.7. The molecule has 5 heteroatoms. The summed E-state index contributed by atoms with van der Waals surface area (Å²) in [6.45, 7) is 0.593. The molecule has 1 aromatic carbocycles. The van der Waals surface area contributed by atoms with Crippen LogP contribution in [0.1, 0.15) is 17.5 Å². The van der Waals surface area contributed by atoms with Crippen molar-refractivity contribution in [2.24, 2.45) is 0 Å². The number of hydrogen-bond donors (Lipinski definition) is 3. The SMILES string of the molecule is CNCCC(=O)NCc1ccc(CO)c(F)c1. The lowest BCUT2D eigenvalue weighted by molar-refractivity contribution is -0.121. The molecule has 4 nitrogen and oxygen atoms in total. The molecular formula is C12H17FN2O2. The number of halogens is 1. The molecule has 0 aliphatic carbocycles. The number of hydrogen-bond acceptors (Lipinski definition) is 3. The fourth-order valence-electron chi connectivity index (χ4n) is 1.36. The molecule has 0 unspecified atom stereocenters. The number of aliphatic hydroxyl groups is 1. The van der Waals surface area contributed by atoms with Crippen LogP contribution in [0.15, 0.2) is 18.2 Å². The standard InChI is InChI=1S/C12H17FN2O2/c1-14-5-4-12(17)15-7-9-2-3-10(8-16)11(13)6-9/h2-3,6,14,16H,4-5,7-8H2,1H3,(H,15,17). The predicted octanol–water partition coefficient (Wildman–Crippen LogP) is 0.544. The molecule has 0 heterocycles. The predicted molar refractivity (Wildman–Crippen MR) is 62.7 cm³/mol. The number of carbonyl (C=O) groups is 1. The fourth-order valence-corrected chi connectivity index (χ4v) is 1.36. The van der Waals surface area contributed by atoms with Crippen molar-refractivity contribution in [3.05, 3.63) is 35.1 Å². The second kappa shape index (κ2) is 6.98. The van der Waals surface area contributed by atoms with E-state index >= 15 is 0 Å². The maximum atomic E-state index is 13.3. The van der Waals surface area contributed by atoms with Gasteiger partial charge in [-0.05, 0) is 18.7 Å². The molecule has 17 heavy (non-hydrogen) atoms. The number of nitrogens with one attached hydrogen (secondary N) is 2. The Morgan fingerprint density at radius 1 is 1.47 bits per heavy atom. The van der Waals surface area contributed by atoms with Crippen molar-refractivity contribution in [2.45, 2.75) is 19.6 Å². The van der Waals surface area contributed by atoms with Gasteiger partial charge in [0, 0.05) is 25.1 Å². The molecule has 0 aromatic heterocycles. The van der Waals surface area contributed by atoms with E-state index in [0.717, 1.165) is 0 Å². The van der Waals surface area contributed by atoms with E-state index in [1.54, 1.807) is 13.1 Å². The Morgan fingerprint density at radius 3 is 2.82 bits per heavy atom. The summed E-state index contributed by atoms with van der Waals surface area (Å²) in [5.41, 5.74) is 0.938. The molecule has 0 saturated carbocycles. The third-order valence-electron chi connectivity index (χ3n) is 2.38. The van der Waals surface area contributed by atoms with Crippen LogP contribution in [0.3, 0.4) is 0 Å². The van der Waals surface area contributed by atoms with Crippen molar-refractivity contribution in [2.75, 3.05) is 13.6 Å². The molecule has 94 valence electrons. The highest BCUT2D eigenvalue weighted by molar-refractivity contribution is 5.76. The number of benzene rings is 1. The van der Waals surface area contributed by atoms with E-state index in [9.17, 15) is 9.18 Å². The average molecular weight is 240 g/mol. The minimum absolute atomic E-state index is 0.0778. The maximum Gasteiger partial charge on any atom is 0.221 e. The fraction of sp³-hybridized carbons (Fsp3) is 0.417. The van der Waals surface area contributed by atoms with Crippen LogP contribution in [0.25, 0.3) is 0 Å². The van der Waals surface area contributed by atoms with Gasteiger partial charge in [0.15, 0.2) is 0 Å². The largest absolute Gasteiger partial charge is 0.392 e. The molecule has 0 atom stereocenters. The summed E-state index contributed by atoms with van der Waals surface area (Å²) in [4.78, 5) is 11.3. The van der Waals surface area contributed by atoms with E-state index in [1.807, 2.05) is 0 Å². The molecule has 3 N–H and O–H groups in total. The first-order valence-electron chi connectivity index (χ1n) is 5.47. The van der Waals surface area contributed by atoms with Gasteiger partial charge >= 0.3 is 0 Å². The Labute approximate surface area is 99.8 Å². The summed E-state index contributed by atoms with van der Waals surface area (Å²) in [6, 6.07) is 4.53. The summed E-state index contributed by atoms with van der Waals surface area (Å²) in [6.07, 6.45) is 0.397. The van der Waals surface area contributed by atoms with Crippen LogP contribution in [0.2, 0.25) is 0 Å². The van der Waals surface area contributed by atoms with Gasteiger partial charge in [0.1, 0.15) is 5.82 Å². The second-order valence-corrected chi connectivity index (χ2v) is 3.71. The van der Waals surface area contributed by atoms with Gasteiger partial charge in [-0.2, -0.15) is 0 Å². The number of carbonyl (C=O) groups excluding carboxylic acids is 1. The number of rotatable bonds is 6. The Kier molecular flexibility index (Phi) is 5.59. The monoisotopic (exact) mass is 240 g/mol. The first-order valence-corrected chi connectivity index (χ1v) is 5.47. The smallest absolute Gasteiger partial charge is 0.221 e. The van der Waals surface area contributed by atoms with E-state index in [-0.39, 0.29) is 18.1 Å². The summed E-state index contributed by atoms with van der Waals surface area (Å²) in [7, 11) is 1.77. The van der Waals surface area contributed by atoms with Crippen LogP contribution in [0, 0.1) is 5.82 Å². The van der Waals surface area contributed by atoms with Gasteiger partial charge in [0.2, 0.25) is 5.91 Å². The van der Waals surface area contributed by atoms with Crippen molar-refractivity contribution in [3.63, 3.8) is 0 Å². The zero-order valence-electron chi connectivity index (χ0n) is 9.79. The maximum absolute atomic E-state index is 13.3. The van der Waals surface area contributed by atoms with E-state index in [0.29, 0.717) is 25.1 Å². The lowest BCUT2D eigenvalue weighted by Gasteiger charge is -2.06. The Hall–Kier alpha value is -1.46. The van der Waals surface area contributed by atoms with Gasteiger partial charge in [0.25, 0.3) is 0 Å². The van der Waals surface area contributed by atoms with Gasteiger partial charge in [0.05, 0.1) is 6.61 Å². The lowest BCUT2D eigenvalue weighted by atomic mass is 10.1. The molecule has 0 spiro atoms. The van der Waals surface area contributed by atoms with Crippen LogP contribution >= 0.6 is 0 Å². The van der Waals surface area contributed by atoms with Crippen LogP contribution in [0.5, 0.6) is 0 Å². The van der Waals surface area contributed by atoms with Gasteiger partial charge < -0.3 is 15.7 Å². The molecular weight excluding hydrogens is 223 g/mol. The van der Waals surface area contributed by atoms with E-state index < -0.39 is 5.82 Å². The Bertz CT molecular complexity index is 383. The molecule has 1 aromatic rings. The first kappa shape index (κ1) is 13.6. The lowest BCUT2D eigenvalue weighted by Crippen LogP contribution is -2.26. The first-order chi connectivity index (χ1) is 8.17. The van der Waals surface area contributed by atoms with E-state index in [1.165, 1.54) is 12.1 Å². The highest BCUT2D eigenvalue weighted by atomic mass is 19.1. The van der Waals surface area contributed by atoms with Gasteiger partial charge in [-0.1, -0.05) is 12.1 Å². The van der Waals surface area contributed by atoms with Crippen LogP contribution in [-0.4, -0.2) is 24.6 Å². The minimum atomic E-state index is -0.450. The summed E-state index contributed by atoms with van der Waals surface area (Å²) < 4.78 is 13.3. The highest BCUT2D eigenvalue weighted by Gasteiger charge is 2.04. The molecule has 0 fully saturated rings. The van der Waals surface area contributed by atoms with Gasteiger partial charge in [-0.15, -0.1) is 0 Å². The second-order valence-electron chi connectivity index (χ2n) is 3.71. The van der Waals surface area contributed by atoms with Crippen molar-refractivity contribution in [3.8, 4) is 0 Å². The number of amides is 1. The zero-order valence-corrected chi connectivity index (χ0v) is 9.79. The van der Waals surface area contributed by atoms with Crippen molar-refractivity contribution in [1.29, 1.82) is 0 Å². The molecule has 0 aliphatic rings. The van der Waals surface area contributed by atoms with Crippen molar-refractivity contribution >= 4 is 5.91 Å². The topological polar surface area (TPSA) is 61.4 Å². The van der Waals surface area contributed by atoms with Crippen molar-refractivity contribution < 1.29 is 14.3 Å². The third kappa shape index (κ3) is 4.50. The molecule has 0 aliphatic heterocycles. The normalized spacial score (nSPS) is 10.3. The van der Waals surface area contributed by atoms with E-state index in [4.69, 9.17) is 5.11 Å². The van der Waals surface area contributed by atoms with Crippen molar-refractivity contribution in [1.82, 2.24) is 10.6 Å². The third-order valence-corrected chi connectivity index (χ3v) is 2.38. The minimum Gasteiger partial charge on any atom is -0.392 e. The van der Waals surface area contributed by atoms with Crippen LogP contribution in [0.4, 0.5) is 4.39 Å². The Balaban J connectivity index is 2.47. The highest BCUT2D eigenvalue weighted by Crippen LogP contribution is 2.10. The van der Waals surface area contributed by atoms with Crippen LogP contribution < -0.4 is 10.6 Å². The molecule has 1 rings (SSSR count). The molecule has 0 bridgehead atoms. The quantitative estimate of drug-likeness (QED) is 0.680. The summed E-state index contributed by atoms with van der Waals surface area (Å²) in [5, 5.41) is 14.4. The van der Waals surface area contributed by atoms with Gasteiger partial charge in [-0.25, -0.2) is 4.39 Å². The molecule has 0 saturated heterocycles.